The van der Waals surface area contributed by atoms with E-state index in [0.717, 1.165) is 13.0 Å². The molecule has 96 valence electrons. The molecule has 17 heavy (non-hydrogen) atoms. The van der Waals surface area contributed by atoms with Crippen LogP contribution in [0.2, 0.25) is 0 Å². The van der Waals surface area contributed by atoms with Gasteiger partial charge in [-0.25, -0.2) is 0 Å². The smallest absolute Gasteiger partial charge is 0.0737 e. The Hall–Kier alpha value is -0.860. The van der Waals surface area contributed by atoms with Crippen LogP contribution in [0.4, 0.5) is 0 Å². The van der Waals surface area contributed by atoms with E-state index >= 15 is 0 Å². The molecule has 0 saturated carbocycles. The molecule has 2 unspecified atom stereocenters. The van der Waals surface area contributed by atoms with Crippen molar-refractivity contribution < 1.29 is 4.74 Å². The summed E-state index contributed by atoms with van der Waals surface area (Å²) in [6, 6.07) is 9.11. The third-order valence-corrected chi connectivity index (χ3v) is 3.11. The molecule has 0 aromatic heterocycles. The standard InChI is InChI=1S/C15H25NO/c1-5-8-13-9-7-10-14(11-13)15(16-6-2)12(3)17-4/h7,9-12,15-16H,5-6,8H2,1-4H3. The van der Waals surface area contributed by atoms with Gasteiger partial charge in [-0.05, 0) is 31.0 Å². The molecule has 0 amide bonds. The van der Waals surface area contributed by atoms with Crippen LogP contribution < -0.4 is 5.32 Å². The Bertz CT molecular complexity index is 324. The van der Waals surface area contributed by atoms with Gasteiger partial charge in [-0.3, -0.25) is 0 Å². The third kappa shape index (κ3) is 4.14. The average Bonchev–Trinajstić information content (AvgIpc) is 2.36. The van der Waals surface area contributed by atoms with Gasteiger partial charge < -0.3 is 10.1 Å². The van der Waals surface area contributed by atoms with Crippen molar-refractivity contribution in [3.63, 3.8) is 0 Å². The van der Waals surface area contributed by atoms with Gasteiger partial charge in [0.05, 0.1) is 12.1 Å². The summed E-state index contributed by atoms with van der Waals surface area (Å²) in [6.07, 6.45) is 2.52. The molecule has 1 rings (SSSR count). The summed E-state index contributed by atoms with van der Waals surface area (Å²) in [7, 11) is 1.77. The lowest BCUT2D eigenvalue weighted by atomic mass is 9.98. The number of aryl methyl sites for hydroxylation is 1. The molecule has 0 saturated heterocycles. The summed E-state index contributed by atoms with van der Waals surface area (Å²) < 4.78 is 5.46. The molecule has 0 heterocycles. The fraction of sp³-hybridized carbons (Fsp3) is 0.600. The van der Waals surface area contributed by atoms with Crippen molar-refractivity contribution in [2.24, 2.45) is 0 Å². The lowest BCUT2D eigenvalue weighted by molar-refractivity contribution is 0.0835. The monoisotopic (exact) mass is 235 g/mol. The van der Waals surface area contributed by atoms with E-state index in [2.05, 4.69) is 50.4 Å². The lowest BCUT2D eigenvalue weighted by Crippen LogP contribution is -2.31. The topological polar surface area (TPSA) is 21.3 Å². The van der Waals surface area contributed by atoms with E-state index < -0.39 is 0 Å². The van der Waals surface area contributed by atoms with Crippen LogP contribution in [-0.2, 0) is 11.2 Å². The number of rotatable bonds is 7. The number of likely N-dealkylation sites (N-methyl/N-ethyl adjacent to an activating group) is 1. The second-order valence-electron chi connectivity index (χ2n) is 4.47. The van der Waals surface area contributed by atoms with E-state index in [9.17, 15) is 0 Å². The molecule has 1 aromatic carbocycles. The molecule has 0 spiro atoms. The largest absolute Gasteiger partial charge is 0.380 e. The maximum atomic E-state index is 5.46. The van der Waals surface area contributed by atoms with E-state index in [0.29, 0.717) is 0 Å². The number of hydrogen-bond acceptors (Lipinski definition) is 2. The first-order valence-corrected chi connectivity index (χ1v) is 6.57. The molecule has 0 bridgehead atoms. The van der Waals surface area contributed by atoms with Gasteiger partial charge >= 0.3 is 0 Å². The molecule has 0 fully saturated rings. The Labute approximate surface area is 105 Å². The minimum Gasteiger partial charge on any atom is -0.380 e. The van der Waals surface area contributed by atoms with Crippen LogP contribution in [0.25, 0.3) is 0 Å². The summed E-state index contributed by atoms with van der Waals surface area (Å²) in [5.74, 6) is 0. The van der Waals surface area contributed by atoms with Gasteiger partial charge in [0.1, 0.15) is 0 Å². The highest BCUT2D eigenvalue weighted by Gasteiger charge is 2.17. The molecule has 2 atom stereocenters. The predicted octanol–water partition coefficient (Wildman–Crippen LogP) is 3.32. The molecule has 2 heteroatoms. The second-order valence-corrected chi connectivity index (χ2v) is 4.47. The van der Waals surface area contributed by atoms with Gasteiger partial charge in [-0.1, -0.05) is 44.5 Å². The number of benzene rings is 1. The van der Waals surface area contributed by atoms with E-state index in [-0.39, 0.29) is 12.1 Å². The SMILES string of the molecule is CCCc1cccc(C(NCC)C(C)OC)c1. The number of nitrogens with one attached hydrogen (secondary N) is 1. The van der Waals surface area contributed by atoms with Gasteiger partial charge in [-0.2, -0.15) is 0 Å². The van der Waals surface area contributed by atoms with Crippen LogP contribution in [0.15, 0.2) is 24.3 Å². The van der Waals surface area contributed by atoms with Gasteiger partial charge in [0.15, 0.2) is 0 Å². The average molecular weight is 235 g/mol. The first-order chi connectivity index (χ1) is 8.22. The highest BCUT2D eigenvalue weighted by atomic mass is 16.5. The van der Waals surface area contributed by atoms with E-state index in [1.165, 1.54) is 17.5 Å². The molecule has 1 N–H and O–H groups in total. The van der Waals surface area contributed by atoms with E-state index in [1.54, 1.807) is 7.11 Å². The van der Waals surface area contributed by atoms with Gasteiger partial charge in [-0.15, -0.1) is 0 Å². The lowest BCUT2D eigenvalue weighted by Gasteiger charge is -2.24. The van der Waals surface area contributed by atoms with Crippen LogP contribution in [0.3, 0.4) is 0 Å². The summed E-state index contributed by atoms with van der Waals surface area (Å²) in [6.45, 7) is 7.41. The van der Waals surface area contributed by atoms with E-state index in [1.807, 2.05) is 0 Å². The van der Waals surface area contributed by atoms with Crippen LogP contribution >= 0.6 is 0 Å². The fourth-order valence-corrected chi connectivity index (χ4v) is 2.14. The summed E-state index contributed by atoms with van der Waals surface area (Å²) in [5.41, 5.74) is 2.74. The quantitative estimate of drug-likeness (QED) is 0.782. The van der Waals surface area contributed by atoms with Crippen LogP contribution in [0, 0.1) is 0 Å². The van der Waals surface area contributed by atoms with Crippen molar-refractivity contribution in [2.75, 3.05) is 13.7 Å². The Balaban J connectivity index is 2.88. The second kappa shape index (κ2) is 7.46. The molecule has 1 aromatic rings. The van der Waals surface area contributed by atoms with Gasteiger partial charge in [0.2, 0.25) is 0 Å². The molecular formula is C15H25NO. The van der Waals surface area contributed by atoms with Crippen molar-refractivity contribution in [3.8, 4) is 0 Å². The molecule has 2 nitrogen and oxygen atoms in total. The number of hydrogen-bond donors (Lipinski definition) is 1. The van der Waals surface area contributed by atoms with Crippen molar-refractivity contribution in [1.82, 2.24) is 5.32 Å². The van der Waals surface area contributed by atoms with E-state index in [4.69, 9.17) is 4.74 Å². The maximum Gasteiger partial charge on any atom is 0.0737 e. The minimum atomic E-state index is 0.187. The Morgan fingerprint density at radius 2 is 2.06 bits per heavy atom. The summed E-state index contributed by atoms with van der Waals surface area (Å²) >= 11 is 0. The molecule has 0 aliphatic carbocycles. The van der Waals surface area contributed by atoms with Gasteiger partial charge in [0, 0.05) is 7.11 Å². The third-order valence-electron chi connectivity index (χ3n) is 3.11. The van der Waals surface area contributed by atoms with Crippen LogP contribution in [-0.4, -0.2) is 19.8 Å². The van der Waals surface area contributed by atoms with Crippen LogP contribution in [0.1, 0.15) is 44.4 Å². The minimum absolute atomic E-state index is 0.187. The zero-order chi connectivity index (χ0) is 12.7. The highest BCUT2D eigenvalue weighted by Crippen LogP contribution is 2.20. The van der Waals surface area contributed by atoms with Crippen molar-refractivity contribution in [1.29, 1.82) is 0 Å². The number of ether oxygens (including phenoxy) is 1. The fourth-order valence-electron chi connectivity index (χ4n) is 2.14. The maximum absolute atomic E-state index is 5.46. The zero-order valence-electron chi connectivity index (χ0n) is 11.5. The normalized spacial score (nSPS) is 14.6. The summed E-state index contributed by atoms with van der Waals surface area (Å²) in [5, 5.41) is 3.49. The van der Waals surface area contributed by atoms with Crippen molar-refractivity contribution >= 4 is 0 Å². The molecule has 0 aliphatic rings. The molecule has 0 radical (unpaired) electrons. The van der Waals surface area contributed by atoms with Crippen molar-refractivity contribution in [2.45, 2.75) is 45.8 Å². The highest BCUT2D eigenvalue weighted by molar-refractivity contribution is 5.27. The molecular weight excluding hydrogens is 210 g/mol. The first kappa shape index (κ1) is 14.2. The predicted molar refractivity (Wildman–Crippen MR) is 73.3 cm³/mol. The Kier molecular flexibility index (Phi) is 6.23. The molecule has 0 aliphatic heterocycles. The van der Waals surface area contributed by atoms with Crippen molar-refractivity contribution in [3.05, 3.63) is 35.4 Å². The Morgan fingerprint density at radius 1 is 1.29 bits per heavy atom. The summed E-state index contributed by atoms with van der Waals surface area (Å²) in [4.78, 5) is 0. The first-order valence-electron chi connectivity index (χ1n) is 6.57. The number of methoxy groups -OCH3 is 1. The van der Waals surface area contributed by atoms with Gasteiger partial charge in [0.25, 0.3) is 0 Å². The van der Waals surface area contributed by atoms with Crippen LogP contribution in [0.5, 0.6) is 0 Å². The zero-order valence-corrected chi connectivity index (χ0v) is 11.5. The Morgan fingerprint density at radius 3 is 2.65 bits per heavy atom.